The van der Waals surface area contributed by atoms with Gasteiger partial charge in [0.25, 0.3) is 0 Å². The van der Waals surface area contributed by atoms with E-state index in [1.165, 1.54) is 0 Å². The van der Waals surface area contributed by atoms with Gasteiger partial charge in [-0.05, 0) is 38.1 Å². The van der Waals surface area contributed by atoms with Crippen molar-refractivity contribution >= 4 is 11.9 Å². The number of rotatable bonds is 10. The van der Waals surface area contributed by atoms with Crippen LogP contribution < -0.4 is 0 Å². The maximum absolute atomic E-state index is 11.1. The fourth-order valence-electron chi connectivity index (χ4n) is 2.86. The molecule has 0 aliphatic heterocycles. The molecule has 0 spiro atoms. The average molecular weight is 287 g/mol. The van der Waals surface area contributed by atoms with Crippen LogP contribution in [0.5, 0.6) is 0 Å². The van der Waals surface area contributed by atoms with Crippen molar-refractivity contribution in [3.05, 3.63) is 0 Å². The normalized spacial score (nSPS) is 17.5. The minimum atomic E-state index is -0.783. The summed E-state index contributed by atoms with van der Waals surface area (Å²) >= 11 is 0. The highest BCUT2D eigenvalue weighted by molar-refractivity contribution is 5.73. The van der Waals surface area contributed by atoms with Gasteiger partial charge in [0, 0.05) is 6.54 Å². The Hall–Kier alpha value is -1.10. The number of nitrogens with zero attached hydrogens (tertiary/aromatic N) is 1. The Balaban J connectivity index is 4.24. The van der Waals surface area contributed by atoms with Crippen molar-refractivity contribution in [3.8, 4) is 0 Å². The van der Waals surface area contributed by atoms with Crippen LogP contribution in [-0.4, -0.2) is 46.7 Å². The van der Waals surface area contributed by atoms with Gasteiger partial charge in [-0.3, -0.25) is 14.5 Å². The van der Waals surface area contributed by atoms with Gasteiger partial charge in [-0.1, -0.05) is 27.7 Å². The predicted octanol–water partition coefficient (Wildman–Crippen LogP) is 2.55. The van der Waals surface area contributed by atoms with Gasteiger partial charge in [0.1, 0.15) is 6.04 Å². The van der Waals surface area contributed by atoms with Crippen LogP contribution in [0.3, 0.4) is 0 Å². The Labute approximate surface area is 122 Å². The summed E-state index contributed by atoms with van der Waals surface area (Å²) in [5.74, 6) is -1.18. The third kappa shape index (κ3) is 6.89. The van der Waals surface area contributed by atoms with Crippen molar-refractivity contribution in [2.24, 2.45) is 17.8 Å². The topological polar surface area (TPSA) is 77.8 Å². The van der Waals surface area contributed by atoms with Crippen molar-refractivity contribution < 1.29 is 19.8 Å². The SMILES string of the molecule is CCC(C(=O)O)N(C)C[C@@H](C)C[C@@H](C)C[C@H](C)C(=O)O. The molecule has 2 N–H and O–H groups in total. The highest BCUT2D eigenvalue weighted by Crippen LogP contribution is 2.21. The van der Waals surface area contributed by atoms with Crippen LogP contribution in [0, 0.1) is 17.8 Å². The molecule has 0 saturated carbocycles. The standard InChI is InChI=1S/C15H29NO4/c1-6-13(15(19)20)16(5)9-11(3)7-10(2)8-12(4)14(17)18/h10-13H,6-9H2,1-5H3,(H,17,18)(H,19,20)/t10-,11+,12+,13?/m1/s1. The molecule has 0 aliphatic rings. The quantitative estimate of drug-likeness (QED) is 0.645. The molecule has 0 amide bonds. The van der Waals surface area contributed by atoms with Gasteiger partial charge >= 0.3 is 11.9 Å². The van der Waals surface area contributed by atoms with Gasteiger partial charge in [-0.2, -0.15) is 0 Å². The molecule has 118 valence electrons. The van der Waals surface area contributed by atoms with E-state index >= 15 is 0 Å². The lowest BCUT2D eigenvalue weighted by Crippen LogP contribution is -2.40. The number of aliphatic carboxylic acids is 2. The fraction of sp³-hybridized carbons (Fsp3) is 0.867. The monoisotopic (exact) mass is 287 g/mol. The van der Waals surface area contributed by atoms with E-state index < -0.39 is 18.0 Å². The molecule has 4 atom stereocenters. The van der Waals surface area contributed by atoms with Gasteiger partial charge in [-0.15, -0.1) is 0 Å². The van der Waals surface area contributed by atoms with Crippen molar-refractivity contribution in [1.82, 2.24) is 4.90 Å². The summed E-state index contributed by atoms with van der Waals surface area (Å²) in [6.45, 7) is 8.47. The second-order valence-corrected chi connectivity index (χ2v) is 6.12. The van der Waals surface area contributed by atoms with Crippen LogP contribution in [-0.2, 0) is 9.59 Å². The van der Waals surface area contributed by atoms with Crippen LogP contribution >= 0.6 is 0 Å². The summed E-state index contributed by atoms with van der Waals surface area (Å²) in [5, 5.41) is 18.0. The van der Waals surface area contributed by atoms with Crippen LogP contribution in [0.1, 0.15) is 47.0 Å². The van der Waals surface area contributed by atoms with Crippen LogP contribution in [0.15, 0.2) is 0 Å². The molecular formula is C15H29NO4. The second kappa shape index (κ2) is 8.95. The van der Waals surface area contributed by atoms with Gasteiger partial charge in [-0.25, -0.2) is 0 Å². The average Bonchev–Trinajstić information content (AvgIpc) is 2.27. The maximum atomic E-state index is 11.1. The zero-order valence-electron chi connectivity index (χ0n) is 13.3. The summed E-state index contributed by atoms with van der Waals surface area (Å²) in [6.07, 6.45) is 2.17. The largest absolute Gasteiger partial charge is 0.481 e. The molecule has 0 bridgehead atoms. The molecule has 0 aromatic rings. The Morgan fingerprint density at radius 2 is 1.55 bits per heavy atom. The summed E-state index contributed by atoms with van der Waals surface area (Å²) in [5.41, 5.74) is 0. The molecule has 20 heavy (non-hydrogen) atoms. The number of likely N-dealkylation sites (N-methyl/N-ethyl adjacent to an activating group) is 1. The molecule has 5 heteroatoms. The fourth-order valence-corrected chi connectivity index (χ4v) is 2.86. The van der Waals surface area contributed by atoms with E-state index in [1.54, 1.807) is 6.92 Å². The van der Waals surface area contributed by atoms with E-state index in [4.69, 9.17) is 10.2 Å². The van der Waals surface area contributed by atoms with Crippen LogP contribution in [0.25, 0.3) is 0 Å². The zero-order valence-corrected chi connectivity index (χ0v) is 13.3. The van der Waals surface area contributed by atoms with E-state index in [1.807, 2.05) is 18.9 Å². The van der Waals surface area contributed by atoms with Crippen LogP contribution in [0.4, 0.5) is 0 Å². The van der Waals surface area contributed by atoms with Crippen molar-refractivity contribution in [1.29, 1.82) is 0 Å². The Morgan fingerprint density at radius 1 is 1.00 bits per heavy atom. The molecule has 1 unspecified atom stereocenters. The molecule has 0 aromatic carbocycles. The number of hydrogen-bond acceptors (Lipinski definition) is 3. The Bertz CT molecular complexity index is 319. The Kier molecular flexibility index (Phi) is 8.46. The van der Waals surface area contributed by atoms with E-state index in [9.17, 15) is 9.59 Å². The van der Waals surface area contributed by atoms with Gasteiger partial charge in [0.15, 0.2) is 0 Å². The Morgan fingerprint density at radius 3 is 1.95 bits per heavy atom. The van der Waals surface area contributed by atoms with Gasteiger partial charge in [0.05, 0.1) is 5.92 Å². The molecule has 0 aromatic heterocycles. The summed E-state index contributed by atoms with van der Waals surface area (Å²) < 4.78 is 0. The second-order valence-electron chi connectivity index (χ2n) is 6.12. The first-order valence-corrected chi connectivity index (χ1v) is 7.34. The summed E-state index contributed by atoms with van der Waals surface area (Å²) in [6, 6.07) is -0.439. The number of carboxylic acids is 2. The molecule has 5 nitrogen and oxygen atoms in total. The van der Waals surface area contributed by atoms with Gasteiger partial charge in [0.2, 0.25) is 0 Å². The highest BCUT2D eigenvalue weighted by atomic mass is 16.4. The first-order chi connectivity index (χ1) is 9.18. The maximum Gasteiger partial charge on any atom is 0.320 e. The molecule has 0 aliphatic carbocycles. The third-order valence-electron chi connectivity index (χ3n) is 3.79. The molecule has 0 saturated heterocycles. The zero-order chi connectivity index (χ0) is 15.9. The smallest absolute Gasteiger partial charge is 0.320 e. The minimum absolute atomic E-state index is 0.322. The lowest BCUT2D eigenvalue weighted by atomic mass is 9.89. The molecule has 0 heterocycles. The minimum Gasteiger partial charge on any atom is -0.481 e. The summed E-state index contributed by atoms with van der Waals surface area (Å²) in [7, 11) is 1.84. The number of carboxylic acid groups (broad SMARTS) is 2. The number of hydrogen-bond donors (Lipinski definition) is 2. The van der Waals surface area contributed by atoms with Crippen molar-refractivity contribution in [2.75, 3.05) is 13.6 Å². The van der Waals surface area contributed by atoms with Gasteiger partial charge < -0.3 is 10.2 Å². The van der Waals surface area contributed by atoms with E-state index in [-0.39, 0.29) is 5.92 Å². The molecule has 0 rings (SSSR count). The first-order valence-electron chi connectivity index (χ1n) is 7.34. The molecular weight excluding hydrogens is 258 g/mol. The summed E-state index contributed by atoms with van der Waals surface area (Å²) in [4.78, 5) is 23.8. The predicted molar refractivity (Wildman–Crippen MR) is 78.7 cm³/mol. The van der Waals surface area contributed by atoms with E-state index in [0.717, 1.165) is 13.0 Å². The van der Waals surface area contributed by atoms with Crippen molar-refractivity contribution in [3.63, 3.8) is 0 Å². The van der Waals surface area contributed by atoms with Crippen LogP contribution in [0.2, 0.25) is 0 Å². The molecule has 0 radical (unpaired) electrons. The lowest BCUT2D eigenvalue weighted by molar-refractivity contribution is -0.143. The molecule has 0 fully saturated rings. The number of carbonyl (C=O) groups is 2. The van der Waals surface area contributed by atoms with Crippen molar-refractivity contribution in [2.45, 2.75) is 53.0 Å². The highest BCUT2D eigenvalue weighted by Gasteiger charge is 2.23. The third-order valence-corrected chi connectivity index (χ3v) is 3.79. The van der Waals surface area contributed by atoms with E-state index in [2.05, 4.69) is 13.8 Å². The first kappa shape index (κ1) is 18.9. The van der Waals surface area contributed by atoms with E-state index in [0.29, 0.717) is 24.7 Å². The lowest BCUT2D eigenvalue weighted by Gasteiger charge is -2.28.